The minimum absolute atomic E-state index is 0.0227. The molecule has 0 spiro atoms. The Hall–Kier alpha value is -0.760. The molecule has 0 aromatic heterocycles. The highest BCUT2D eigenvalue weighted by Crippen LogP contribution is 2.38. The summed E-state index contributed by atoms with van der Waals surface area (Å²) in [6.07, 6.45) is 18.4. The van der Waals surface area contributed by atoms with Crippen molar-refractivity contribution in [2.24, 2.45) is 0 Å². The third-order valence-corrected chi connectivity index (χ3v) is 6.33. The van der Waals surface area contributed by atoms with E-state index >= 15 is 0 Å². The first-order valence-corrected chi connectivity index (χ1v) is 14.8. The average molecular weight is 522 g/mol. The first kappa shape index (κ1) is 34.2. The van der Waals surface area contributed by atoms with Crippen molar-refractivity contribution >= 4 is 13.8 Å². The van der Waals surface area contributed by atoms with Crippen LogP contribution in [0.2, 0.25) is 0 Å². The van der Waals surface area contributed by atoms with E-state index in [1.807, 2.05) is 21.1 Å². The van der Waals surface area contributed by atoms with Crippen LogP contribution >= 0.6 is 7.82 Å². The third-order valence-electron chi connectivity index (χ3n) is 5.37. The molecule has 0 amide bonds. The van der Waals surface area contributed by atoms with E-state index in [4.69, 9.17) is 18.5 Å². The number of carbonyl (C=O) groups is 1. The zero-order valence-corrected chi connectivity index (χ0v) is 23.9. The molecule has 35 heavy (non-hydrogen) atoms. The van der Waals surface area contributed by atoms with Gasteiger partial charge in [-0.15, -0.1) is 0 Å². The number of carbonyl (C=O) groups excluding carboxylic acids is 1. The Labute approximate surface area is 214 Å². The summed E-state index contributed by atoms with van der Waals surface area (Å²) in [6.45, 7) is 4.35. The largest absolute Gasteiger partial charge is 0.756 e. The first-order chi connectivity index (χ1) is 16.6. The minimum atomic E-state index is -4.46. The van der Waals surface area contributed by atoms with Crippen LogP contribution in [0.1, 0.15) is 90.9 Å². The molecular formula is C26H52NO7P. The van der Waals surface area contributed by atoms with Crippen molar-refractivity contribution in [3.05, 3.63) is 12.2 Å². The maximum atomic E-state index is 11.9. The van der Waals surface area contributed by atoms with Crippen LogP contribution in [0.3, 0.4) is 0 Å². The van der Waals surface area contributed by atoms with Gasteiger partial charge in [-0.25, -0.2) is 0 Å². The zero-order chi connectivity index (χ0) is 26.4. The van der Waals surface area contributed by atoms with Gasteiger partial charge in [-0.3, -0.25) is 9.36 Å². The van der Waals surface area contributed by atoms with E-state index < -0.39 is 19.9 Å². The van der Waals surface area contributed by atoms with Crippen LogP contribution in [-0.2, 0) is 27.9 Å². The van der Waals surface area contributed by atoms with Gasteiger partial charge in [0, 0.05) is 13.5 Å². The van der Waals surface area contributed by atoms with Crippen molar-refractivity contribution in [3.8, 4) is 0 Å². The van der Waals surface area contributed by atoms with Crippen LogP contribution in [0.25, 0.3) is 0 Å². The lowest BCUT2D eigenvalue weighted by Gasteiger charge is -2.28. The average Bonchev–Trinajstić information content (AvgIpc) is 2.75. The minimum Gasteiger partial charge on any atom is -0.756 e. The Morgan fingerprint density at radius 1 is 0.857 bits per heavy atom. The molecule has 0 aromatic rings. The fraction of sp³-hybridized carbons (Fsp3) is 0.885. The van der Waals surface area contributed by atoms with Gasteiger partial charge in [-0.2, -0.15) is 0 Å². The molecule has 0 rings (SSSR count). The molecule has 2 unspecified atom stereocenters. The van der Waals surface area contributed by atoms with E-state index in [-0.39, 0.29) is 19.8 Å². The fourth-order valence-corrected chi connectivity index (χ4v) is 4.03. The highest BCUT2D eigenvalue weighted by Gasteiger charge is 2.19. The molecule has 0 aromatic carbocycles. The summed E-state index contributed by atoms with van der Waals surface area (Å²) in [4.78, 5) is 23.2. The summed E-state index contributed by atoms with van der Waals surface area (Å²) in [5.41, 5.74) is 0. The van der Waals surface area contributed by atoms with Crippen LogP contribution in [-0.4, -0.2) is 70.7 Å². The third kappa shape index (κ3) is 26.1. The molecule has 0 saturated carbocycles. The summed E-state index contributed by atoms with van der Waals surface area (Å²) in [5.74, 6) is -0.514. The number of quaternary nitrogens is 1. The second-order valence-electron chi connectivity index (χ2n) is 10.1. The lowest BCUT2D eigenvalue weighted by Crippen LogP contribution is -2.37. The summed E-state index contributed by atoms with van der Waals surface area (Å²) in [6, 6.07) is 0. The highest BCUT2D eigenvalue weighted by molar-refractivity contribution is 7.45. The quantitative estimate of drug-likeness (QED) is 0.0552. The summed E-state index contributed by atoms with van der Waals surface area (Å²) in [7, 11) is 1.34. The normalized spacial score (nSPS) is 14.8. The standard InChI is InChI=1S/C26H52NO7P/c1-6-7-8-9-10-11-12-13-14-15-16-17-18-19-21-31-23-26(34-25(2)28)24-33-35(29,30)32-22-20-27(3,4)5/h11-12,26H,6-10,13-24H2,1-5H3/b12-11-. The zero-order valence-electron chi connectivity index (χ0n) is 23.0. The van der Waals surface area contributed by atoms with E-state index in [0.717, 1.165) is 12.8 Å². The number of nitrogens with zero attached hydrogens (tertiary/aromatic N) is 1. The summed E-state index contributed by atoms with van der Waals surface area (Å²) in [5, 5.41) is 0. The van der Waals surface area contributed by atoms with Crippen molar-refractivity contribution in [1.29, 1.82) is 0 Å². The number of likely N-dealkylation sites (N-methyl/N-ethyl adjacent to an activating group) is 1. The Kier molecular flexibility index (Phi) is 20.9. The van der Waals surface area contributed by atoms with Crippen molar-refractivity contribution in [2.45, 2.75) is 97.0 Å². The maximum absolute atomic E-state index is 11.9. The van der Waals surface area contributed by atoms with Crippen LogP contribution in [0.15, 0.2) is 12.2 Å². The first-order valence-electron chi connectivity index (χ1n) is 13.4. The van der Waals surface area contributed by atoms with Crippen LogP contribution < -0.4 is 4.89 Å². The number of unbranched alkanes of at least 4 members (excludes halogenated alkanes) is 10. The topological polar surface area (TPSA) is 94.1 Å². The number of phosphoric acid groups is 1. The van der Waals surface area contributed by atoms with Gasteiger partial charge < -0.3 is 27.9 Å². The maximum Gasteiger partial charge on any atom is 0.303 e. The molecule has 0 aliphatic carbocycles. The van der Waals surface area contributed by atoms with E-state index in [1.54, 1.807) is 0 Å². The molecule has 0 saturated heterocycles. The van der Waals surface area contributed by atoms with Crippen molar-refractivity contribution < 1.29 is 37.3 Å². The van der Waals surface area contributed by atoms with Gasteiger partial charge in [0.15, 0.2) is 0 Å². The van der Waals surface area contributed by atoms with Crippen LogP contribution in [0.5, 0.6) is 0 Å². The van der Waals surface area contributed by atoms with Crippen molar-refractivity contribution in [3.63, 3.8) is 0 Å². The van der Waals surface area contributed by atoms with E-state index in [0.29, 0.717) is 17.6 Å². The van der Waals surface area contributed by atoms with Crippen molar-refractivity contribution in [2.75, 3.05) is 54.1 Å². The number of allylic oxidation sites excluding steroid dienone is 2. The number of hydrogen-bond donors (Lipinski definition) is 0. The molecule has 2 atom stereocenters. The van der Waals surface area contributed by atoms with E-state index in [2.05, 4.69) is 19.1 Å². The highest BCUT2D eigenvalue weighted by atomic mass is 31.2. The predicted molar refractivity (Wildman–Crippen MR) is 139 cm³/mol. The molecule has 208 valence electrons. The van der Waals surface area contributed by atoms with Crippen LogP contribution in [0.4, 0.5) is 0 Å². The smallest absolute Gasteiger partial charge is 0.303 e. The van der Waals surface area contributed by atoms with Gasteiger partial charge in [0.2, 0.25) is 0 Å². The number of phosphoric ester groups is 1. The van der Waals surface area contributed by atoms with Gasteiger partial charge in [0.1, 0.15) is 19.3 Å². The van der Waals surface area contributed by atoms with Gasteiger partial charge in [0.05, 0.1) is 34.4 Å². The molecule has 0 bridgehead atoms. The summed E-state index contributed by atoms with van der Waals surface area (Å²) >= 11 is 0. The summed E-state index contributed by atoms with van der Waals surface area (Å²) < 4.78 is 33.0. The van der Waals surface area contributed by atoms with E-state index in [1.165, 1.54) is 71.1 Å². The second kappa shape index (κ2) is 21.3. The van der Waals surface area contributed by atoms with Gasteiger partial charge in [-0.1, -0.05) is 64.0 Å². The van der Waals surface area contributed by atoms with Gasteiger partial charge in [-0.05, 0) is 32.1 Å². The van der Waals surface area contributed by atoms with E-state index in [9.17, 15) is 14.3 Å². The molecular weight excluding hydrogens is 469 g/mol. The lowest BCUT2D eigenvalue weighted by molar-refractivity contribution is -0.870. The number of esters is 1. The predicted octanol–water partition coefficient (Wildman–Crippen LogP) is 5.40. The van der Waals surface area contributed by atoms with Crippen LogP contribution in [0, 0.1) is 0 Å². The molecule has 0 radical (unpaired) electrons. The number of ether oxygens (including phenoxy) is 2. The molecule has 0 N–H and O–H groups in total. The molecule has 9 heteroatoms. The van der Waals surface area contributed by atoms with Gasteiger partial charge in [0.25, 0.3) is 7.82 Å². The Morgan fingerprint density at radius 2 is 1.43 bits per heavy atom. The SMILES string of the molecule is CCCCCC/C=C\CCCCCCCCOCC(COP(=O)([O-])OCC[N+](C)(C)C)OC(C)=O. The number of rotatable bonds is 24. The Balaban J connectivity index is 3.83. The monoisotopic (exact) mass is 521 g/mol. The molecule has 8 nitrogen and oxygen atoms in total. The molecule has 0 aliphatic heterocycles. The Morgan fingerprint density at radius 3 is 2.00 bits per heavy atom. The second-order valence-corrected chi connectivity index (χ2v) is 11.5. The molecule has 0 aliphatic rings. The number of hydrogen-bond acceptors (Lipinski definition) is 7. The Bertz CT molecular complexity index is 593. The van der Waals surface area contributed by atoms with Crippen molar-refractivity contribution in [1.82, 2.24) is 0 Å². The lowest BCUT2D eigenvalue weighted by atomic mass is 10.1. The molecule has 0 heterocycles. The fourth-order valence-electron chi connectivity index (χ4n) is 3.30. The molecule has 0 fully saturated rings. The van der Waals surface area contributed by atoms with Gasteiger partial charge >= 0.3 is 5.97 Å².